The molecule has 0 aliphatic heterocycles. The lowest BCUT2D eigenvalue weighted by Crippen LogP contribution is -2.30. The van der Waals surface area contributed by atoms with Gasteiger partial charge in [-0.1, -0.05) is 6.92 Å². The summed E-state index contributed by atoms with van der Waals surface area (Å²) in [6.45, 7) is 4.04. The number of nitrogens with one attached hydrogen (secondary N) is 1. The lowest BCUT2D eigenvalue weighted by atomic mass is 10.2. The first-order valence-corrected chi connectivity index (χ1v) is 8.92. The van der Waals surface area contributed by atoms with Crippen molar-refractivity contribution in [2.75, 3.05) is 11.9 Å². The number of rotatable bonds is 8. The second-order valence-electron chi connectivity index (χ2n) is 5.44. The van der Waals surface area contributed by atoms with Crippen molar-refractivity contribution in [1.29, 1.82) is 0 Å². The molecule has 0 aliphatic rings. The molecule has 2 amide bonds. The van der Waals surface area contributed by atoms with E-state index < -0.39 is 23.9 Å². The molecule has 26 heavy (non-hydrogen) atoms. The molecule has 1 atom stereocenters. The lowest BCUT2D eigenvalue weighted by molar-refractivity contribution is -0.123. The Morgan fingerprint density at radius 1 is 1.19 bits per heavy atom. The van der Waals surface area contributed by atoms with Gasteiger partial charge in [0.05, 0.1) is 17.7 Å². The van der Waals surface area contributed by atoms with Gasteiger partial charge in [0.25, 0.3) is 11.8 Å². The predicted octanol–water partition coefficient (Wildman–Crippen LogP) is 2.82. The molecule has 1 aromatic heterocycles. The average Bonchev–Trinajstić information content (AvgIpc) is 3.08. The Balaban J connectivity index is 1.94. The monoisotopic (exact) mass is 376 g/mol. The summed E-state index contributed by atoms with van der Waals surface area (Å²) in [5.41, 5.74) is 5.75. The van der Waals surface area contributed by atoms with Crippen LogP contribution in [0.4, 0.5) is 5.00 Å². The quantitative estimate of drug-likeness (QED) is 0.689. The molecule has 0 fully saturated rings. The molecule has 0 aliphatic carbocycles. The fourth-order valence-electron chi connectivity index (χ4n) is 2.00. The third-order valence-corrected chi connectivity index (χ3v) is 4.21. The molecule has 0 spiro atoms. The Morgan fingerprint density at radius 2 is 1.88 bits per heavy atom. The van der Waals surface area contributed by atoms with Gasteiger partial charge in [-0.15, -0.1) is 11.3 Å². The largest absolute Gasteiger partial charge is 0.494 e. The van der Waals surface area contributed by atoms with E-state index in [4.69, 9.17) is 15.2 Å². The summed E-state index contributed by atoms with van der Waals surface area (Å²) in [5, 5.41) is 4.50. The van der Waals surface area contributed by atoms with E-state index in [1.165, 1.54) is 13.0 Å². The van der Waals surface area contributed by atoms with Gasteiger partial charge in [-0.2, -0.15) is 0 Å². The summed E-state index contributed by atoms with van der Waals surface area (Å²) in [6.07, 6.45) is -0.153. The predicted molar refractivity (Wildman–Crippen MR) is 98.6 cm³/mol. The normalized spacial score (nSPS) is 11.5. The second kappa shape index (κ2) is 9.00. The van der Waals surface area contributed by atoms with Crippen LogP contribution in [0.1, 0.15) is 41.0 Å². The molecule has 8 heteroatoms. The number of esters is 1. The van der Waals surface area contributed by atoms with Gasteiger partial charge in [0.15, 0.2) is 6.10 Å². The van der Waals surface area contributed by atoms with Crippen molar-refractivity contribution >= 4 is 34.1 Å². The molecule has 0 saturated heterocycles. The standard InChI is InChI=1S/C18H20N2O5S/c1-3-9-24-13-6-4-12(5-7-13)18(23)25-11(2)16(22)20-17-14(15(19)21)8-10-26-17/h4-8,10-11H,3,9H2,1-2H3,(H2,19,21)(H,20,22)/t11-/m0/s1. The fourth-order valence-corrected chi connectivity index (χ4v) is 2.80. The molecule has 1 heterocycles. The maximum atomic E-state index is 12.2. The zero-order chi connectivity index (χ0) is 19.1. The van der Waals surface area contributed by atoms with Crippen LogP contribution in [0, 0.1) is 0 Å². The zero-order valence-corrected chi connectivity index (χ0v) is 15.3. The Labute approximate surface area is 155 Å². The molecule has 2 rings (SSSR count). The first kappa shape index (κ1) is 19.5. The van der Waals surface area contributed by atoms with Gasteiger partial charge >= 0.3 is 5.97 Å². The molecule has 0 unspecified atom stereocenters. The number of benzene rings is 1. The number of carbonyl (C=O) groups is 3. The van der Waals surface area contributed by atoms with E-state index in [1.54, 1.807) is 29.6 Å². The Morgan fingerprint density at radius 3 is 2.50 bits per heavy atom. The third kappa shape index (κ3) is 5.06. The highest BCUT2D eigenvalue weighted by molar-refractivity contribution is 7.14. The minimum Gasteiger partial charge on any atom is -0.494 e. The zero-order valence-electron chi connectivity index (χ0n) is 14.5. The molecule has 2 aromatic rings. The van der Waals surface area contributed by atoms with E-state index >= 15 is 0 Å². The van der Waals surface area contributed by atoms with E-state index in [2.05, 4.69) is 5.32 Å². The van der Waals surface area contributed by atoms with Gasteiger partial charge in [-0.25, -0.2) is 4.79 Å². The molecule has 138 valence electrons. The maximum Gasteiger partial charge on any atom is 0.338 e. The smallest absolute Gasteiger partial charge is 0.338 e. The second-order valence-corrected chi connectivity index (χ2v) is 6.35. The van der Waals surface area contributed by atoms with Crippen LogP contribution in [0.3, 0.4) is 0 Å². The fraction of sp³-hybridized carbons (Fsp3) is 0.278. The first-order valence-electron chi connectivity index (χ1n) is 8.04. The van der Waals surface area contributed by atoms with E-state index in [-0.39, 0.29) is 5.56 Å². The number of hydrogen-bond acceptors (Lipinski definition) is 6. The molecule has 0 saturated carbocycles. The maximum absolute atomic E-state index is 12.2. The van der Waals surface area contributed by atoms with Crippen molar-refractivity contribution in [3.8, 4) is 5.75 Å². The number of ether oxygens (including phenoxy) is 2. The van der Waals surface area contributed by atoms with Crippen molar-refractivity contribution in [1.82, 2.24) is 0 Å². The van der Waals surface area contributed by atoms with Crippen LogP contribution in [-0.4, -0.2) is 30.5 Å². The molecule has 3 N–H and O–H groups in total. The van der Waals surface area contributed by atoms with E-state index in [9.17, 15) is 14.4 Å². The Kier molecular flexibility index (Phi) is 6.74. The van der Waals surface area contributed by atoms with Crippen LogP contribution in [-0.2, 0) is 9.53 Å². The third-order valence-electron chi connectivity index (χ3n) is 3.38. The van der Waals surface area contributed by atoms with Crippen molar-refractivity contribution in [2.45, 2.75) is 26.4 Å². The minimum atomic E-state index is -1.04. The molecule has 0 radical (unpaired) electrons. The van der Waals surface area contributed by atoms with Crippen LogP contribution < -0.4 is 15.8 Å². The lowest BCUT2D eigenvalue weighted by Gasteiger charge is -2.13. The molecule has 1 aromatic carbocycles. The van der Waals surface area contributed by atoms with Crippen LogP contribution in [0.2, 0.25) is 0 Å². The van der Waals surface area contributed by atoms with Gasteiger partial charge in [0.1, 0.15) is 10.8 Å². The number of amides is 2. The van der Waals surface area contributed by atoms with E-state index in [0.29, 0.717) is 22.9 Å². The molecule has 0 bridgehead atoms. The summed E-state index contributed by atoms with van der Waals surface area (Å²) in [4.78, 5) is 35.6. The number of nitrogens with two attached hydrogens (primary N) is 1. The summed E-state index contributed by atoms with van der Waals surface area (Å²) in [7, 11) is 0. The van der Waals surface area contributed by atoms with Gasteiger partial charge < -0.3 is 20.5 Å². The summed E-state index contributed by atoms with van der Waals surface area (Å²) in [6, 6.07) is 8.00. The van der Waals surface area contributed by atoms with Gasteiger partial charge in [-0.3, -0.25) is 9.59 Å². The van der Waals surface area contributed by atoms with E-state index in [1.807, 2.05) is 6.92 Å². The number of hydrogen-bond donors (Lipinski definition) is 2. The molecular weight excluding hydrogens is 356 g/mol. The van der Waals surface area contributed by atoms with E-state index in [0.717, 1.165) is 17.8 Å². The van der Waals surface area contributed by atoms with Crippen LogP contribution >= 0.6 is 11.3 Å². The van der Waals surface area contributed by atoms with Crippen molar-refractivity contribution in [3.63, 3.8) is 0 Å². The van der Waals surface area contributed by atoms with Crippen molar-refractivity contribution < 1.29 is 23.9 Å². The van der Waals surface area contributed by atoms with Crippen LogP contribution in [0.5, 0.6) is 5.75 Å². The van der Waals surface area contributed by atoms with Gasteiger partial charge in [-0.05, 0) is 49.1 Å². The number of thiophene rings is 1. The summed E-state index contributed by atoms with van der Waals surface area (Å²) >= 11 is 1.16. The molecule has 7 nitrogen and oxygen atoms in total. The SMILES string of the molecule is CCCOc1ccc(C(=O)O[C@@H](C)C(=O)Nc2sccc2C(N)=O)cc1. The molecular formula is C18H20N2O5S. The van der Waals surface area contributed by atoms with Crippen LogP contribution in [0.15, 0.2) is 35.7 Å². The average molecular weight is 376 g/mol. The summed E-state index contributed by atoms with van der Waals surface area (Å²) < 4.78 is 10.6. The Bertz CT molecular complexity index is 785. The highest BCUT2D eigenvalue weighted by Gasteiger charge is 2.21. The van der Waals surface area contributed by atoms with Gasteiger partial charge in [0.2, 0.25) is 0 Å². The number of anilines is 1. The topological polar surface area (TPSA) is 108 Å². The summed E-state index contributed by atoms with van der Waals surface area (Å²) in [5.74, 6) is -1.16. The first-order chi connectivity index (χ1) is 12.4. The van der Waals surface area contributed by atoms with Crippen molar-refractivity contribution in [2.24, 2.45) is 5.73 Å². The van der Waals surface area contributed by atoms with Crippen LogP contribution in [0.25, 0.3) is 0 Å². The highest BCUT2D eigenvalue weighted by atomic mass is 32.1. The number of carbonyl (C=O) groups excluding carboxylic acids is 3. The Hall–Kier alpha value is -2.87. The number of primary amides is 1. The van der Waals surface area contributed by atoms with Gasteiger partial charge in [0, 0.05) is 0 Å². The highest BCUT2D eigenvalue weighted by Crippen LogP contribution is 2.23. The van der Waals surface area contributed by atoms with Crippen molar-refractivity contribution in [3.05, 3.63) is 46.8 Å². The minimum absolute atomic E-state index is 0.213.